The highest BCUT2D eigenvalue weighted by Gasteiger charge is 2.25. The molecule has 2 fully saturated rings. The fourth-order valence-corrected chi connectivity index (χ4v) is 3.40. The van der Waals surface area contributed by atoms with Gasteiger partial charge < -0.3 is 10.2 Å². The van der Waals surface area contributed by atoms with Crippen LogP contribution < -0.4 is 10.2 Å². The molecule has 1 aromatic rings. The molecule has 1 aromatic carbocycles. The predicted octanol–water partition coefficient (Wildman–Crippen LogP) is 3.07. The molecule has 132 valence electrons. The maximum atomic E-state index is 13.3. The van der Waals surface area contributed by atoms with Gasteiger partial charge in [-0.1, -0.05) is 0 Å². The third kappa shape index (κ3) is 5.18. The second-order valence-electron chi connectivity index (χ2n) is 5.96. The number of piperidine rings is 1. The Bertz CT molecular complexity index is 474. The van der Waals surface area contributed by atoms with Crippen molar-refractivity contribution in [2.75, 3.05) is 44.2 Å². The van der Waals surface area contributed by atoms with Crippen LogP contribution in [0.15, 0.2) is 18.2 Å². The van der Waals surface area contributed by atoms with Crippen LogP contribution in [0.1, 0.15) is 19.3 Å². The zero-order valence-electron chi connectivity index (χ0n) is 13.1. The van der Waals surface area contributed by atoms with Crippen LogP contribution in [0.4, 0.5) is 14.5 Å². The van der Waals surface area contributed by atoms with Crippen LogP contribution >= 0.6 is 24.8 Å². The molecule has 1 N–H and O–H groups in total. The van der Waals surface area contributed by atoms with E-state index in [9.17, 15) is 8.78 Å². The van der Waals surface area contributed by atoms with Crippen molar-refractivity contribution >= 4 is 30.5 Å². The van der Waals surface area contributed by atoms with Crippen molar-refractivity contribution in [1.29, 1.82) is 0 Å². The standard InChI is InChI=1S/C16H23F2N3.2ClH/c17-15-3-2-14(12-16(15)18)21-9-4-13(5-10-21)20-8-1-6-19-7-11-20;;/h2-3,12-13,19H,1,4-11H2;2*1H. The molecule has 2 aliphatic rings. The highest BCUT2D eigenvalue weighted by Crippen LogP contribution is 2.24. The van der Waals surface area contributed by atoms with Crippen molar-refractivity contribution < 1.29 is 8.78 Å². The molecule has 2 saturated heterocycles. The summed E-state index contributed by atoms with van der Waals surface area (Å²) >= 11 is 0. The van der Waals surface area contributed by atoms with Crippen molar-refractivity contribution in [3.05, 3.63) is 29.8 Å². The highest BCUT2D eigenvalue weighted by molar-refractivity contribution is 5.85. The zero-order valence-corrected chi connectivity index (χ0v) is 14.8. The van der Waals surface area contributed by atoms with E-state index in [0.29, 0.717) is 6.04 Å². The summed E-state index contributed by atoms with van der Waals surface area (Å²) in [5.74, 6) is -1.53. The minimum absolute atomic E-state index is 0. The van der Waals surface area contributed by atoms with Crippen LogP contribution in [0.25, 0.3) is 0 Å². The van der Waals surface area contributed by atoms with Gasteiger partial charge in [0.25, 0.3) is 0 Å². The van der Waals surface area contributed by atoms with Gasteiger partial charge in [-0.05, 0) is 44.5 Å². The lowest BCUT2D eigenvalue weighted by atomic mass is 10.0. The molecule has 0 radical (unpaired) electrons. The summed E-state index contributed by atoms with van der Waals surface area (Å²) < 4.78 is 26.3. The topological polar surface area (TPSA) is 18.5 Å². The van der Waals surface area contributed by atoms with Crippen LogP contribution in [0.5, 0.6) is 0 Å². The van der Waals surface area contributed by atoms with E-state index in [2.05, 4.69) is 15.1 Å². The van der Waals surface area contributed by atoms with Crippen LogP contribution in [0.2, 0.25) is 0 Å². The van der Waals surface area contributed by atoms with E-state index in [-0.39, 0.29) is 24.8 Å². The van der Waals surface area contributed by atoms with Gasteiger partial charge in [-0.25, -0.2) is 8.78 Å². The first-order valence-electron chi connectivity index (χ1n) is 7.89. The van der Waals surface area contributed by atoms with Gasteiger partial charge in [0.2, 0.25) is 0 Å². The molecule has 3 nitrogen and oxygen atoms in total. The van der Waals surface area contributed by atoms with Crippen LogP contribution in [-0.4, -0.2) is 50.2 Å². The van der Waals surface area contributed by atoms with Crippen molar-refractivity contribution in [2.45, 2.75) is 25.3 Å². The molecular weight excluding hydrogens is 343 g/mol. The Kier molecular flexibility index (Phi) is 8.54. The van der Waals surface area contributed by atoms with Gasteiger partial charge >= 0.3 is 0 Å². The second kappa shape index (κ2) is 9.62. The minimum atomic E-state index is -0.772. The first-order chi connectivity index (χ1) is 10.2. The summed E-state index contributed by atoms with van der Waals surface area (Å²) in [5.41, 5.74) is 0.796. The number of rotatable bonds is 2. The quantitative estimate of drug-likeness (QED) is 0.866. The number of hydrogen-bond donors (Lipinski definition) is 1. The summed E-state index contributed by atoms with van der Waals surface area (Å²) in [5, 5.41) is 3.43. The average Bonchev–Trinajstić information content (AvgIpc) is 2.79. The zero-order chi connectivity index (χ0) is 14.7. The van der Waals surface area contributed by atoms with E-state index in [0.717, 1.165) is 51.3 Å². The summed E-state index contributed by atoms with van der Waals surface area (Å²) in [6.45, 7) is 6.31. The summed E-state index contributed by atoms with van der Waals surface area (Å²) in [6, 6.07) is 4.84. The molecule has 0 spiro atoms. The van der Waals surface area contributed by atoms with Crippen molar-refractivity contribution in [2.24, 2.45) is 0 Å². The van der Waals surface area contributed by atoms with Gasteiger partial charge in [0.15, 0.2) is 11.6 Å². The number of halogens is 4. The van der Waals surface area contributed by atoms with Crippen LogP contribution in [0, 0.1) is 11.6 Å². The lowest BCUT2D eigenvalue weighted by Crippen LogP contribution is -2.46. The van der Waals surface area contributed by atoms with E-state index in [1.807, 2.05) is 0 Å². The molecule has 23 heavy (non-hydrogen) atoms. The normalized spacial score (nSPS) is 20.3. The monoisotopic (exact) mass is 367 g/mol. The minimum Gasteiger partial charge on any atom is -0.371 e. The average molecular weight is 368 g/mol. The summed E-state index contributed by atoms with van der Waals surface area (Å²) in [7, 11) is 0. The van der Waals surface area contributed by atoms with Crippen LogP contribution in [0.3, 0.4) is 0 Å². The van der Waals surface area contributed by atoms with Gasteiger partial charge in [0, 0.05) is 44.0 Å². The first-order valence-corrected chi connectivity index (χ1v) is 7.89. The van der Waals surface area contributed by atoms with Gasteiger partial charge in [0.1, 0.15) is 0 Å². The van der Waals surface area contributed by atoms with E-state index in [1.165, 1.54) is 25.1 Å². The molecule has 2 aliphatic heterocycles. The number of hydrogen-bond acceptors (Lipinski definition) is 3. The molecule has 0 aromatic heterocycles. The molecule has 0 aliphatic carbocycles. The Hall–Kier alpha value is -0.620. The lowest BCUT2D eigenvalue weighted by Gasteiger charge is -2.39. The highest BCUT2D eigenvalue weighted by atomic mass is 35.5. The smallest absolute Gasteiger partial charge is 0.160 e. The lowest BCUT2D eigenvalue weighted by molar-refractivity contribution is 0.180. The molecule has 0 saturated carbocycles. The molecule has 2 heterocycles. The predicted molar refractivity (Wildman–Crippen MR) is 95.1 cm³/mol. The van der Waals surface area contributed by atoms with Crippen molar-refractivity contribution in [3.8, 4) is 0 Å². The number of anilines is 1. The van der Waals surface area contributed by atoms with Crippen LogP contribution in [-0.2, 0) is 0 Å². The number of nitrogens with zero attached hydrogens (tertiary/aromatic N) is 2. The molecular formula is C16H25Cl2F2N3. The first kappa shape index (κ1) is 20.4. The fourth-order valence-electron chi connectivity index (χ4n) is 3.40. The molecule has 7 heteroatoms. The van der Waals surface area contributed by atoms with Crippen molar-refractivity contribution in [3.63, 3.8) is 0 Å². The molecule has 0 atom stereocenters. The number of nitrogens with one attached hydrogen (secondary N) is 1. The Morgan fingerprint density at radius 2 is 1.65 bits per heavy atom. The number of benzene rings is 1. The second-order valence-corrected chi connectivity index (χ2v) is 5.96. The summed E-state index contributed by atoms with van der Waals surface area (Å²) in [4.78, 5) is 4.75. The largest absolute Gasteiger partial charge is 0.371 e. The Labute approximate surface area is 149 Å². The van der Waals surface area contributed by atoms with E-state index >= 15 is 0 Å². The van der Waals surface area contributed by atoms with E-state index in [4.69, 9.17) is 0 Å². The molecule has 0 bridgehead atoms. The Balaban J connectivity index is 0.00000132. The Morgan fingerprint density at radius 1 is 0.913 bits per heavy atom. The van der Waals surface area contributed by atoms with Gasteiger partial charge in [-0.15, -0.1) is 24.8 Å². The fraction of sp³-hybridized carbons (Fsp3) is 0.625. The maximum absolute atomic E-state index is 13.3. The van der Waals surface area contributed by atoms with E-state index in [1.54, 1.807) is 6.07 Å². The van der Waals surface area contributed by atoms with Gasteiger partial charge in [-0.2, -0.15) is 0 Å². The third-order valence-corrected chi connectivity index (χ3v) is 4.62. The van der Waals surface area contributed by atoms with Crippen molar-refractivity contribution in [1.82, 2.24) is 10.2 Å². The maximum Gasteiger partial charge on any atom is 0.160 e. The van der Waals surface area contributed by atoms with Gasteiger partial charge in [0.05, 0.1) is 0 Å². The van der Waals surface area contributed by atoms with E-state index < -0.39 is 11.6 Å². The molecule has 0 amide bonds. The summed E-state index contributed by atoms with van der Waals surface area (Å²) in [6.07, 6.45) is 3.40. The van der Waals surface area contributed by atoms with Gasteiger partial charge in [-0.3, -0.25) is 4.90 Å². The molecule has 0 unspecified atom stereocenters. The SMILES string of the molecule is Cl.Cl.Fc1ccc(N2CCC(N3CCCNCC3)CC2)cc1F. The third-order valence-electron chi connectivity index (χ3n) is 4.62. The molecule has 3 rings (SSSR count). The Morgan fingerprint density at radius 3 is 2.35 bits per heavy atom.